The van der Waals surface area contributed by atoms with Gasteiger partial charge in [0.05, 0.1) is 25.2 Å². The number of rotatable bonds is 44. The molecule has 346 valence electrons. The molecule has 0 aliphatic carbocycles. The predicted molar refractivity (Wildman–Crippen MR) is 259 cm³/mol. The third-order valence-corrected chi connectivity index (χ3v) is 11.1. The summed E-state index contributed by atoms with van der Waals surface area (Å²) in [6.07, 6.45) is 59.6. The van der Waals surface area contributed by atoms with Crippen LogP contribution in [0.15, 0.2) is 72.9 Å². The second-order valence-electron chi connectivity index (χ2n) is 17.0. The molecule has 0 spiro atoms. The van der Waals surface area contributed by atoms with E-state index in [1.807, 2.05) is 24.3 Å². The van der Waals surface area contributed by atoms with Gasteiger partial charge in [0, 0.05) is 6.42 Å². The van der Waals surface area contributed by atoms with Gasteiger partial charge in [-0.2, -0.15) is 0 Å². The number of unbranched alkanes of at least 4 members (excludes halogenated alkanes) is 24. The number of carbonyl (C=O) groups is 2. The zero-order valence-electron chi connectivity index (χ0n) is 39.3. The van der Waals surface area contributed by atoms with E-state index in [0.29, 0.717) is 19.3 Å². The minimum absolute atomic E-state index is 0.0531. The molecule has 3 unspecified atom stereocenters. The van der Waals surface area contributed by atoms with Crippen LogP contribution < -0.4 is 5.32 Å². The second kappa shape index (κ2) is 47.4. The minimum Gasteiger partial charge on any atom is -0.462 e. The van der Waals surface area contributed by atoms with Crippen LogP contribution in [0.25, 0.3) is 0 Å². The van der Waals surface area contributed by atoms with Crippen molar-refractivity contribution in [1.82, 2.24) is 5.32 Å². The summed E-state index contributed by atoms with van der Waals surface area (Å²) in [6.45, 7) is 6.34. The van der Waals surface area contributed by atoms with E-state index in [-0.39, 0.29) is 24.9 Å². The molecule has 3 N–H and O–H groups in total. The van der Waals surface area contributed by atoms with Gasteiger partial charge in [-0.1, -0.05) is 229 Å². The van der Waals surface area contributed by atoms with Gasteiger partial charge in [0.1, 0.15) is 6.10 Å². The maximum atomic E-state index is 13.2. The Balaban J connectivity index is 4.54. The van der Waals surface area contributed by atoms with Crippen LogP contribution in [-0.2, 0) is 14.3 Å². The molecule has 6 heteroatoms. The number of hydrogen-bond donors (Lipinski definition) is 3. The normalized spacial score (nSPS) is 13.9. The minimum atomic E-state index is -0.798. The van der Waals surface area contributed by atoms with Crippen LogP contribution >= 0.6 is 0 Å². The first-order valence-corrected chi connectivity index (χ1v) is 25.2. The number of aliphatic hydroxyl groups is 2. The van der Waals surface area contributed by atoms with E-state index in [0.717, 1.165) is 96.3 Å². The Bertz CT molecular complexity index is 1120. The zero-order valence-corrected chi connectivity index (χ0v) is 39.3. The molecule has 3 atom stereocenters. The molecule has 6 nitrogen and oxygen atoms in total. The van der Waals surface area contributed by atoms with Gasteiger partial charge in [-0.25, -0.2) is 0 Å². The first kappa shape index (κ1) is 57.3. The number of allylic oxidation sites excluding steroid dienone is 12. The maximum absolute atomic E-state index is 13.2. The molecule has 0 bridgehead atoms. The van der Waals surface area contributed by atoms with Crippen molar-refractivity contribution in [1.29, 1.82) is 0 Å². The molecule has 0 aliphatic rings. The number of carbonyl (C=O) groups excluding carboxylic acids is 2. The molecule has 0 saturated heterocycles. The van der Waals surface area contributed by atoms with Crippen molar-refractivity contribution in [3.05, 3.63) is 72.9 Å². The van der Waals surface area contributed by atoms with Crippen molar-refractivity contribution >= 4 is 11.9 Å². The molecule has 0 heterocycles. The summed E-state index contributed by atoms with van der Waals surface area (Å²) in [7, 11) is 0. The van der Waals surface area contributed by atoms with Crippen molar-refractivity contribution in [2.45, 2.75) is 251 Å². The smallest absolute Gasteiger partial charge is 0.306 e. The van der Waals surface area contributed by atoms with Crippen molar-refractivity contribution in [3.8, 4) is 0 Å². The van der Waals surface area contributed by atoms with Gasteiger partial charge in [-0.15, -0.1) is 0 Å². The Hall–Kier alpha value is -2.70. The summed E-state index contributed by atoms with van der Waals surface area (Å²) < 4.78 is 5.89. The maximum Gasteiger partial charge on any atom is 0.306 e. The highest BCUT2D eigenvalue weighted by molar-refractivity contribution is 5.77. The molecule has 0 aromatic heterocycles. The Morgan fingerprint density at radius 3 is 1.47 bits per heavy atom. The van der Waals surface area contributed by atoms with Gasteiger partial charge in [0.25, 0.3) is 0 Å². The van der Waals surface area contributed by atoms with Crippen LogP contribution in [0.1, 0.15) is 233 Å². The number of aliphatic hydroxyl groups excluding tert-OH is 2. The van der Waals surface area contributed by atoms with E-state index >= 15 is 0 Å². The van der Waals surface area contributed by atoms with Gasteiger partial charge >= 0.3 is 5.97 Å². The predicted octanol–water partition coefficient (Wildman–Crippen LogP) is 15.0. The van der Waals surface area contributed by atoms with E-state index in [1.165, 1.54) is 89.9 Å². The average molecular weight is 838 g/mol. The van der Waals surface area contributed by atoms with Crippen LogP contribution in [0.5, 0.6) is 0 Å². The van der Waals surface area contributed by atoms with E-state index in [9.17, 15) is 19.8 Å². The SMILES string of the molecule is CCC/C=C/C=C/C=C/C=C/C=C/CCCCCCCC(=O)OC(CCCCC/C=C\CCCC)CC(=O)NC(CO)C(O)CCCCCCCCCCCCCCCC. The fraction of sp³-hybridized carbons (Fsp3) is 0.741. The monoisotopic (exact) mass is 838 g/mol. The molecule has 0 rings (SSSR count). The fourth-order valence-electron chi connectivity index (χ4n) is 7.26. The topological polar surface area (TPSA) is 95.9 Å². The third-order valence-electron chi connectivity index (χ3n) is 11.1. The summed E-state index contributed by atoms with van der Waals surface area (Å²) in [5, 5.41) is 23.7. The lowest BCUT2D eigenvalue weighted by Gasteiger charge is -2.24. The summed E-state index contributed by atoms with van der Waals surface area (Å²) in [5.41, 5.74) is 0. The third kappa shape index (κ3) is 42.0. The van der Waals surface area contributed by atoms with Crippen molar-refractivity contribution in [2.24, 2.45) is 0 Å². The lowest BCUT2D eigenvalue weighted by atomic mass is 10.0. The van der Waals surface area contributed by atoms with Crippen LogP contribution in [0, 0.1) is 0 Å². The Labute approximate surface area is 371 Å². The van der Waals surface area contributed by atoms with E-state index in [4.69, 9.17) is 4.74 Å². The molecule has 0 aromatic carbocycles. The highest BCUT2D eigenvalue weighted by atomic mass is 16.5. The molecular weight excluding hydrogens is 743 g/mol. The van der Waals surface area contributed by atoms with E-state index < -0.39 is 18.2 Å². The summed E-state index contributed by atoms with van der Waals surface area (Å²) in [6, 6.07) is -0.713. The molecule has 60 heavy (non-hydrogen) atoms. The van der Waals surface area contributed by atoms with Gasteiger partial charge in [-0.05, 0) is 64.2 Å². The van der Waals surface area contributed by atoms with Gasteiger partial charge < -0.3 is 20.3 Å². The first-order chi connectivity index (χ1) is 29.5. The molecular formula is C54H95NO5. The molecule has 0 aromatic rings. The number of nitrogens with one attached hydrogen (secondary N) is 1. The number of hydrogen-bond acceptors (Lipinski definition) is 5. The van der Waals surface area contributed by atoms with Gasteiger partial charge in [0.2, 0.25) is 5.91 Å². The zero-order chi connectivity index (χ0) is 43.8. The van der Waals surface area contributed by atoms with Crippen molar-refractivity contribution in [2.75, 3.05) is 6.61 Å². The van der Waals surface area contributed by atoms with Crippen LogP contribution in [0.2, 0.25) is 0 Å². The fourth-order valence-corrected chi connectivity index (χ4v) is 7.26. The number of amides is 1. The highest BCUT2D eigenvalue weighted by Gasteiger charge is 2.24. The lowest BCUT2D eigenvalue weighted by molar-refractivity contribution is -0.151. The second-order valence-corrected chi connectivity index (χ2v) is 17.0. The Kier molecular flexibility index (Phi) is 45.2. The van der Waals surface area contributed by atoms with Gasteiger partial charge in [0.15, 0.2) is 0 Å². The van der Waals surface area contributed by atoms with Crippen LogP contribution in [-0.4, -0.2) is 46.9 Å². The number of esters is 1. The Morgan fingerprint density at radius 2 is 0.917 bits per heavy atom. The van der Waals surface area contributed by atoms with Crippen LogP contribution in [0.3, 0.4) is 0 Å². The molecule has 0 aliphatic heterocycles. The van der Waals surface area contributed by atoms with E-state index in [1.54, 1.807) is 0 Å². The quantitative estimate of drug-likeness (QED) is 0.0246. The van der Waals surface area contributed by atoms with Crippen LogP contribution in [0.4, 0.5) is 0 Å². The summed E-state index contributed by atoms with van der Waals surface area (Å²) in [4.78, 5) is 26.1. The molecule has 0 radical (unpaired) electrons. The standard InChI is InChI=1S/C54H95NO5/c1-4-7-10-13-16-19-21-23-25-26-27-28-30-32-35-38-41-44-47-54(59)60-50(45-42-39-36-33-18-15-12-9-6-3)48-53(58)55-51(49-56)52(57)46-43-40-37-34-31-29-24-22-20-17-14-11-8-5-2/h10,13,15-16,18-19,21,23,25-28,50-52,56-57H,4-9,11-12,14,17,20,22,24,29-49H2,1-3H3,(H,55,58)/b13-10+,18-15-,19-16+,23-21+,26-25+,28-27+. The summed E-state index contributed by atoms with van der Waals surface area (Å²) >= 11 is 0. The van der Waals surface area contributed by atoms with Crippen molar-refractivity contribution < 1.29 is 24.5 Å². The largest absolute Gasteiger partial charge is 0.462 e. The average Bonchev–Trinajstić information content (AvgIpc) is 3.24. The van der Waals surface area contributed by atoms with E-state index in [2.05, 4.69) is 74.7 Å². The highest BCUT2D eigenvalue weighted by Crippen LogP contribution is 2.17. The summed E-state index contributed by atoms with van der Waals surface area (Å²) in [5.74, 6) is -0.523. The molecule has 0 saturated carbocycles. The first-order valence-electron chi connectivity index (χ1n) is 25.2. The number of ether oxygens (including phenoxy) is 1. The molecule has 1 amide bonds. The lowest BCUT2D eigenvalue weighted by Crippen LogP contribution is -2.46. The Morgan fingerprint density at radius 1 is 0.483 bits per heavy atom. The van der Waals surface area contributed by atoms with Crippen molar-refractivity contribution in [3.63, 3.8) is 0 Å². The molecule has 0 fully saturated rings. The van der Waals surface area contributed by atoms with Gasteiger partial charge in [-0.3, -0.25) is 9.59 Å².